The van der Waals surface area contributed by atoms with E-state index in [0.717, 1.165) is 5.56 Å². The lowest BCUT2D eigenvalue weighted by Gasteiger charge is -2.35. The van der Waals surface area contributed by atoms with Crippen LogP contribution < -0.4 is 19.2 Å². The van der Waals surface area contributed by atoms with Crippen LogP contribution in [0.2, 0.25) is 10.1 Å². The van der Waals surface area contributed by atoms with Gasteiger partial charge in [-0.2, -0.15) is 0 Å². The average Bonchev–Trinajstić information content (AvgIpc) is 3.09. The Morgan fingerprint density at radius 1 is 0.809 bits per heavy atom. The molecule has 5 aromatic carbocycles. The standard InChI is InChI=1S/C38H35ClFN3O3Si/c1-38(2,36(26-15-9-5-10-16-26)27-17-11-6-12-18-27)47-46-33-22-32(30(40)20-29(33)39)43-37-28-19-34(44-3)35(21-31(28)41-24-42-37)45-23-25-13-7-4-8-14-25/h4-22,24,36H,23,47H2,1-3H3,(H,41,42,43). The Bertz CT molecular complexity index is 1930. The summed E-state index contributed by atoms with van der Waals surface area (Å²) in [7, 11) is 0.294. The van der Waals surface area contributed by atoms with Crippen LogP contribution in [0.25, 0.3) is 10.9 Å². The fourth-order valence-electron chi connectivity index (χ4n) is 5.77. The van der Waals surface area contributed by atoms with Gasteiger partial charge in [0.25, 0.3) is 0 Å². The minimum Gasteiger partial charge on any atom is -0.548 e. The molecule has 47 heavy (non-hydrogen) atoms. The van der Waals surface area contributed by atoms with Crippen LogP contribution >= 0.6 is 11.6 Å². The maximum atomic E-state index is 15.4. The van der Waals surface area contributed by atoms with E-state index in [1.807, 2.05) is 42.5 Å². The topological polar surface area (TPSA) is 65.5 Å². The lowest BCUT2D eigenvalue weighted by atomic mass is 9.82. The SMILES string of the molecule is COc1cc2c(Nc3cc(O[SiH2]C(C)(C)C(c4ccccc4)c4ccccc4)c(Cl)cc3F)ncnc2cc1OCc1ccccc1. The van der Waals surface area contributed by atoms with Crippen molar-refractivity contribution in [1.29, 1.82) is 0 Å². The van der Waals surface area contributed by atoms with E-state index >= 15 is 4.39 Å². The van der Waals surface area contributed by atoms with Gasteiger partial charge in [0.2, 0.25) is 9.76 Å². The normalized spacial score (nSPS) is 11.7. The molecule has 0 atom stereocenters. The quantitative estimate of drug-likeness (QED) is 0.132. The van der Waals surface area contributed by atoms with Gasteiger partial charge in [-0.25, -0.2) is 14.4 Å². The molecule has 1 N–H and O–H groups in total. The highest BCUT2D eigenvalue weighted by atomic mass is 35.5. The molecule has 6 aromatic rings. The van der Waals surface area contributed by atoms with Gasteiger partial charge in [-0.05, 0) is 33.9 Å². The third-order valence-electron chi connectivity index (χ3n) is 8.08. The van der Waals surface area contributed by atoms with Gasteiger partial charge >= 0.3 is 0 Å². The first kappa shape index (κ1) is 32.0. The third kappa shape index (κ3) is 7.40. The van der Waals surface area contributed by atoms with Crippen LogP contribution in [0.5, 0.6) is 17.2 Å². The molecule has 0 aliphatic carbocycles. The highest BCUT2D eigenvalue weighted by molar-refractivity contribution is 6.36. The third-order valence-corrected chi connectivity index (χ3v) is 9.98. The van der Waals surface area contributed by atoms with Crippen LogP contribution in [0.3, 0.4) is 0 Å². The molecule has 0 fully saturated rings. The first-order valence-corrected chi connectivity index (χ1v) is 17.0. The van der Waals surface area contributed by atoms with E-state index in [-0.39, 0.29) is 21.7 Å². The number of benzene rings is 5. The van der Waals surface area contributed by atoms with E-state index in [2.05, 4.69) is 77.7 Å². The Morgan fingerprint density at radius 2 is 1.45 bits per heavy atom. The van der Waals surface area contributed by atoms with Gasteiger partial charge in [0.15, 0.2) is 11.5 Å². The van der Waals surface area contributed by atoms with Gasteiger partial charge in [-0.15, -0.1) is 0 Å². The minimum atomic E-state index is -1.28. The Morgan fingerprint density at radius 3 is 2.09 bits per heavy atom. The first-order valence-electron chi connectivity index (χ1n) is 15.3. The number of nitrogens with one attached hydrogen (secondary N) is 1. The van der Waals surface area contributed by atoms with Gasteiger partial charge in [0, 0.05) is 23.4 Å². The van der Waals surface area contributed by atoms with Gasteiger partial charge in [-0.3, -0.25) is 0 Å². The molecule has 238 valence electrons. The number of ether oxygens (including phenoxy) is 2. The summed E-state index contributed by atoms with van der Waals surface area (Å²) >= 11 is 6.55. The summed E-state index contributed by atoms with van der Waals surface area (Å²) in [4.78, 5) is 8.85. The van der Waals surface area contributed by atoms with Crippen molar-refractivity contribution in [3.05, 3.63) is 149 Å². The number of hydrogen-bond acceptors (Lipinski definition) is 6. The molecule has 1 heterocycles. The largest absolute Gasteiger partial charge is 0.548 e. The van der Waals surface area contributed by atoms with Crippen molar-refractivity contribution in [3.8, 4) is 17.2 Å². The van der Waals surface area contributed by atoms with E-state index in [0.29, 0.717) is 40.6 Å². The van der Waals surface area contributed by atoms with Crippen molar-refractivity contribution in [1.82, 2.24) is 9.97 Å². The molecule has 0 bridgehead atoms. The van der Waals surface area contributed by atoms with Gasteiger partial charge in [0.05, 0.1) is 23.3 Å². The summed E-state index contributed by atoms with van der Waals surface area (Å²) in [5.41, 5.74) is 4.25. The lowest BCUT2D eigenvalue weighted by Crippen LogP contribution is -2.27. The summed E-state index contributed by atoms with van der Waals surface area (Å²) in [6.07, 6.45) is 1.42. The zero-order chi connectivity index (χ0) is 32.8. The first-order chi connectivity index (χ1) is 22.8. The van der Waals surface area contributed by atoms with Crippen LogP contribution in [0.4, 0.5) is 15.9 Å². The van der Waals surface area contributed by atoms with Crippen LogP contribution in [-0.4, -0.2) is 26.8 Å². The summed E-state index contributed by atoms with van der Waals surface area (Å²) in [5.74, 6) is 1.45. The maximum Gasteiger partial charge on any atom is 0.226 e. The summed E-state index contributed by atoms with van der Waals surface area (Å²) < 4.78 is 33.5. The van der Waals surface area contributed by atoms with E-state index in [1.54, 1.807) is 25.3 Å². The molecule has 0 saturated carbocycles. The van der Waals surface area contributed by atoms with Crippen molar-refractivity contribution in [2.75, 3.05) is 12.4 Å². The van der Waals surface area contributed by atoms with Crippen LogP contribution in [0.15, 0.2) is 122 Å². The Labute approximate surface area is 281 Å². The number of fused-ring (bicyclic) bond motifs is 1. The Kier molecular flexibility index (Phi) is 9.70. The molecule has 0 radical (unpaired) electrons. The molecule has 0 amide bonds. The number of aromatic nitrogens is 2. The fraction of sp³-hybridized carbons (Fsp3) is 0.158. The number of methoxy groups -OCH3 is 1. The van der Waals surface area contributed by atoms with Crippen molar-refractivity contribution in [3.63, 3.8) is 0 Å². The summed E-state index contributed by atoms with van der Waals surface area (Å²) in [6.45, 7) is 4.81. The van der Waals surface area contributed by atoms with Crippen LogP contribution in [0.1, 0.15) is 36.5 Å². The van der Waals surface area contributed by atoms with Crippen LogP contribution in [0, 0.1) is 5.82 Å². The number of hydrogen-bond donors (Lipinski definition) is 1. The highest BCUT2D eigenvalue weighted by Crippen LogP contribution is 2.46. The van der Waals surface area contributed by atoms with E-state index in [1.165, 1.54) is 23.5 Å². The smallest absolute Gasteiger partial charge is 0.226 e. The second-order valence-corrected chi connectivity index (χ2v) is 14.7. The van der Waals surface area contributed by atoms with Gasteiger partial charge in [0.1, 0.15) is 30.3 Å². The predicted molar refractivity (Wildman–Crippen MR) is 189 cm³/mol. The molecule has 6 nitrogen and oxygen atoms in total. The fourth-order valence-corrected chi connectivity index (χ4v) is 7.47. The lowest BCUT2D eigenvalue weighted by molar-refractivity contribution is 0.285. The number of rotatable bonds is 12. The molecule has 1 aromatic heterocycles. The van der Waals surface area contributed by atoms with Crippen molar-refractivity contribution < 1.29 is 18.3 Å². The predicted octanol–water partition coefficient (Wildman–Crippen LogP) is 9.25. The van der Waals surface area contributed by atoms with Gasteiger partial charge < -0.3 is 19.2 Å². The molecule has 0 aliphatic heterocycles. The second kappa shape index (κ2) is 14.2. The van der Waals surface area contributed by atoms with E-state index in [4.69, 9.17) is 25.5 Å². The summed E-state index contributed by atoms with van der Waals surface area (Å²) in [5, 5.41) is 3.77. The zero-order valence-electron chi connectivity index (χ0n) is 26.4. The van der Waals surface area contributed by atoms with Crippen molar-refractivity contribution in [2.45, 2.75) is 31.4 Å². The zero-order valence-corrected chi connectivity index (χ0v) is 28.6. The summed E-state index contributed by atoms with van der Waals surface area (Å²) in [6, 6.07) is 37.2. The van der Waals surface area contributed by atoms with Crippen molar-refractivity contribution in [2.24, 2.45) is 0 Å². The average molecular weight is 664 g/mol. The molecule has 0 spiro atoms. The Balaban J connectivity index is 1.25. The maximum absolute atomic E-state index is 15.4. The number of anilines is 2. The second-order valence-electron chi connectivity index (χ2n) is 11.9. The van der Waals surface area contributed by atoms with E-state index in [9.17, 15) is 0 Å². The highest BCUT2D eigenvalue weighted by Gasteiger charge is 2.34. The molecular weight excluding hydrogens is 629 g/mol. The molecule has 0 unspecified atom stereocenters. The monoisotopic (exact) mass is 663 g/mol. The van der Waals surface area contributed by atoms with E-state index < -0.39 is 15.6 Å². The van der Waals surface area contributed by atoms with Crippen LogP contribution in [-0.2, 0) is 6.61 Å². The van der Waals surface area contributed by atoms with Gasteiger partial charge in [-0.1, -0.05) is 116 Å². The molecule has 9 heteroatoms. The minimum absolute atomic E-state index is 0.109. The molecule has 0 saturated heterocycles. The number of halogens is 2. The molecule has 6 rings (SSSR count). The van der Waals surface area contributed by atoms with Crippen molar-refractivity contribution >= 4 is 43.8 Å². The molecular formula is C38H35ClFN3O3Si. The molecule has 0 aliphatic rings. The number of nitrogens with zero attached hydrogens (tertiary/aromatic N) is 2. The Hall–Kier alpha value is -4.92.